The Balaban J connectivity index is 2.51. The Morgan fingerprint density at radius 1 is 0.786 bits per heavy atom. The van der Waals surface area contributed by atoms with Crippen molar-refractivity contribution in [2.24, 2.45) is 16.7 Å². The number of hydrogen-bond donors (Lipinski definition) is 2. The number of rotatable bonds is 15. The third-order valence-corrected chi connectivity index (χ3v) is 6.91. The number of hydrogen-bond acceptors (Lipinski definition) is 2. The quantitative estimate of drug-likeness (QED) is 0.236. The maximum absolute atomic E-state index is 12.3. The average molecular weight is 395 g/mol. The third kappa shape index (κ3) is 5.84. The van der Waals surface area contributed by atoms with E-state index in [1.54, 1.807) is 0 Å². The largest absolute Gasteiger partial charge is 0.481 e. The van der Waals surface area contributed by atoms with Gasteiger partial charge in [-0.25, -0.2) is 0 Å². The van der Waals surface area contributed by atoms with E-state index in [0.717, 1.165) is 19.3 Å². The second-order valence-electron chi connectivity index (χ2n) is 8.98. The van der Waals surface area contributed by atoms with Crippen LogP contribution in [-0.2, 0) is 9.59 Å². The van der Waals surface area contributed by atoms with E-state index in [1.165, 1.54) is 51.4 Å². The summed E-state index contributed by atoms with van der Waals surface area (Å²) in [6.07, 6.45) is 18.1. The standard InChI is InChI=1S/C24H42O4/c1-4-5-6-7-8-9-10-11-12-13-14-17-23(21(25)26)18-15-16-19-24(23,20(2)3)22(27)28/h15-16,20H,4-14,17-19H2,1-3H3,(H,25,26)(H,27,28). The molecular weight excluding hydrogens is 352 g/mol. The Hall–Kier alpha value is -1.32. The van der Waals surface area contributed by atoms with Crippen LogP contribution in [0.15, 0.2) is 12.2 Å². The molecule has 1 aliphatic rings. The Morgan fingerprint density at radius 2 is 1.25 bits per heavy atom. The zero-order chi connectivity index (χ0) is 21.0. The Kier molecular flexibility index (Phi) is 10.8. The molecule has 0 aliphatic heterocycles. The number of carboxylic acid groups (broad SMARTS) is 2. The van der Waals surface area contributed by atoms with E-state index in [9.17, 15) is 19.8 Å². The van der Waals surface area contributed by atoms with Gasteiger partial charge >= 0.3 is 11.9 Å². The molecular formula is C24H42O4. The summed E-state index contributed by atoms with van der Waals surface area (Å²) in [4.78, 5) is 24.6. The molecule has 4 heteroatoms. The predicted molar refractivity (Wildman–Crippen MR) is 114 cm³/mol. The lowest BCUT2D eigenvalue weighted by molar-refractivity contribution is -0.181. The molecule has 1 rings (SSSR count). The van der Waals surface area contributed by atoms with Gasteiger partial charge in [0.1, 0.15) is 0 Å². The van der Waals surface area contributed by atoms with Gasteiger partial charge in [-0.1, -0.05) is 104 Å². The summed E-state index contributed by atoms with van der Waals surface area (Å²) in [7, 11) is 0. The molecule has 162 valence electrons. The Bertz CT molecular complexity index is 511. The molecule has 0 aromatic heterocycles. The molecule has 1 aliphatic carbocycles. The lowest BCUT2D eigenvalue weighted by Crippen LogP contribution is -2.56. The Labute approximate surface area is 171 Å². The minimum atomic E-state index is -1.22. The maximum atomic E-state index is 12.3. The van der Waals surface area contributed by atoms with Crippen molar-refractivity contribution in [2.75, 3.05) is 0 Å². The van der Waals surface area contributed by atoms with Crippen molar-refractivity contribution >= 4 is 11.9 Å². The molecule has 0 amide bonds. The number of aliphatic carboxylic acids is 2. The van der Waals surface area contributed by atoms with Crippen molar-refractivity contribution in [1.29, 1.82) is 0 Å². The topological polar surface area (TPSA) is 74.6 Å². The van der Waals surface area contributed by atoms with Crippen LogP contribution >= 0.6 is 0 Å². The SMILES string of the molecule is CCCCCCCCCCCCCC1(C(=O)O)CC=CCC1(C(=O)O)C(C)C. The van der Waals surface area contributed by atoms with Crippen LogP contribution in [0.2, 0.25) is 0 Å². The number of carbonyl (C=O) groups is 2. The summed E-state index contributed by atoms with van der Waals surface area (Å²) in [6.45, 7) is 5.94. The van der Waals surface area contributed by atoms with Crippen LogP contribution in [0.25, 0.3) is 0 Å². The van der Waals surface area contributed by atoms with Crippen molar-refractivity contribution < 1.29 is 19.8 Å². The van der Waals surface area contributed by atoms with Crippen LogP contribution in [0.1, 0.15) is 111 Å². The molecule has 0 bridgehead atoms. The number of unbranched alkanes of at least 4 members (excludes halogenated alkanes) is 10. The van der Waals surface area contributed by atoms with Crippen molar-refractivity contribution in [1.82, 2.24) is 0 Å². The molecule has 0 aromatic carbocycles. The highest BCUT2D eigenvalue weighted by Crippen LogP contribution is 2.56. The monoisotopic (exact) mass is 394 g/mol. The summed E-state index contributed by atoms with van der Waals surface area (Å²) in [5, 5.41) is 20.1. The summed E-state index contributed by atoms with van der Waals surface area (Å²) in [6, 6.07) is 0. The van der Waals surface area contributed by atoms with E-state index in [-0.39, 0.29) is 5.92 Å². The molecule has 2 N–H and O–H groups in total. The zero-order valence-electron chi connectivity index (χ0n) is 18.3. The normalized spacial score (nSPS) is 24.6. The van der Waals surface area contributed by atoms with Gasteiger partial charge < -0.3 is 10.2 Å². The molecule has 2 atom stereocenters. The van der Waals surface area contributed by atoms with Gasteiger partial charge in [0.05, 0.1) is 10.8 Å². The fraction of sp³-hybridized carbons (Fsp3) is 0.833. The maximum Gasteiger partial charge on any atom is 0.311 e. The number of allylic oxidation sites excluding steroid dienone is 2. The van der Waals surface area contributed by atoms with E-state index in [0.29, 0.717) is 19.3 Å². The van der Waals surface area contributed by atoms with Gasteiger partial charge in [-0.15, -0.1) is 0 Å². The van der Waals surface area contributed by atoms with E-state index < -0.39 is 22.8 Å². The molecule has 0 spiro atoms. The van der Waals surface area contributed by atoms with Gasteiger partial charge in [0.15, 0.2) is 0 Å². The molecule has 28 heavy (non-hydrogen) atoms. The van der Waals surface area contributed by atoms with E-state index in [1.807, 2.05) is 26.0 Å². The van der Waals surface area contributed by atoms with E-state index in [4.69, 9.17) is 0 Å². The van der Waals surface area contributed by atoms with E-state index in [2.05, 4.69) is 6.92 Å². The fourth-order valence-corrected chi connectivity index (χ4v) is 5.06. The first-order valence-corrected chi connectivity index (χ1v) is 11.5. The summed E-state index contributed by atoms with van der Waals surface area (Å²) in [5.41, 5.74) is -2.41. The lowest BCUT2D eigenvalue weighted by atomic mass is 9.51. The molecule has 0 heterocycles. The van der Waals surface area contributed by atoms with Crippen molar-refractivity contribution in [2.45, 2.75) is 111 Å². The second-order valence-corrected chi connectivity index (χ2v) is 8.98. The predicted octanol–water partition coefficient (Wildman–Crippen LogP) is 6.84. The van der Waals surface area contributed by atoms with Crippen LogP contribution in [0.3, 0.4) is 0 Å². The molecule has 0 saturated heterocycles. The number of carboxylic acids is 2. The van der Waals surface area contributed by atoms with E-state index >= 15 is 0 Å². The zero-order valence-corrected chi connectivity index (χ0v) is 18.3. The van der Waals surface area contributed by atoms with Gasteiger partial charge in [0, 0.05) is 0 Å². The molecule has 0 radical (unpaired) electrons. The van der Waals surface area contributed by atoms with Crippen LogP contribution in [-0.4, -0.2) is 22.2 Å². The van der Waals surface area contributed by atoms with Gasteiger partial charge in [-0.3, -0.25) is 9.59 Å². The van der Waals surface area contributed by atoms with Crippen LogP contribution in [0, 0.1) is 16.7 Å². The second kappa shape index (κ2) is 12.3. The van der Waals surface area contributed by atoms with Crippen molar-refractivity contribution in [3.8, 4) is 0 Å². The minimum Gasteiger partial charge on any atom is -0.481 e. The third-order valence-electron chi connectivity index (χ3n) is 6.91. The van der Waals surface area contributed by atoms with Crippen LogP contribution in [0.4, 0.5) is 0 Å². The molecule has 4 nitrogen and oxygen atoms in total. The van der Waals surface area contributed by atoms with Gasteiger partial charge in [-0.2, -0.15) is 0 Å². The smallest absolute Gasteiger partial charge is 0.311 e. The van der Waals surface area contributed by atoms with Crippen molar-refractivity contribution in [3.05, 3.63) is 12.2 Å². The minimum absolute atomic E-state index is 0.223. The van der Waals surface area contributed by atoms with Gasteiger partial charge in [-0.05, 0) is 25.2 Å². The molecule has 0 fully saturated rings. The highest BCUT2D eigenvalue weighted by molar-refractivity contribution is 5.87. The van der Waals surface area contributed by atoms with Gasteiger partial charge in [0.25, 0.3) is 0 Å². The summed E-state index contributed by atoms with van der Waals surface area (Å²) >= 11 is 0. The lowest BCUT2D eigenvalue weighted by Gasteiger charge is -2.49. The average Bonchev–Trinajstić information content (AvgIpc) is 2.65. The summed E-state index contributed by atoms with van der Waals surface area (Å²) in [5.74, 6) is -2.13. The van der Waals surface area contributed by atoms with Crippen molar-refractivity contribution in [3.63, 3.8) is 0 Å². The highest BCUT2D eigenvalue weighted by atomic mass is 16.4. The first-order valence-electron chi connectivity index (χ1n) is 11.5. The molecule has 2 unspecified atom stereocenters. The Morgan fingerprint density at radius 3 is 1.68 bits per heavy atom. The molecule has 0 saturated carbocycles. The first-order chi connectivity index (χ1) is 13.3. The summed E-state index contributed by atoms with van der Waals surface area (Å²) < 4.78 is 0. The van der Waals surface area contributed by atoms with Crippen LogP contribution in [0.5, 0.6) is 0 Å². The highest BCUT2D eigenvalue weighted by Gasteiger charge is 2.62. The molecule has 0 aromatic rings. The first kappa shape index (κ1) is 24.7. The van der Waals surface area contributed by atoms with Crippen LogP contribution < -0.4 is 0 Å². The fourth-order valence-electron chi connectivity index (χ4n) is 5.06. The van der Waals surface area contributed by atoms with Gasteiger partial charge in [0.2, 0.25) is 0 Å².